The summed E-state index contributed by atoms with van der Waals surface area (Å²) in [4.78, 5) is 0. The molecule has 2 fully saturated rings. The average molecular weight is 318 g/mol. The summed E-state index contributed by atoms with van der Waals surface area (Å²) < 4.78 is 0. The van der Waals surface area contributed by atoms with Crippen molar-refractivity contribution in [3.63, 3.8) is 0 Å². The van der Waals surface area contributed by atoms with E-state index in [1.807, 2.05) is 0 Å². The molecular weight excluding hydrogens is 294 g/mol. The second-order valence-corrected chi connectivity index (χ2v) is 3.98. The Morgan fingerprint density at radius 3 is 0.562 bits per heavy atom. The van der Waals surface area contributed by atoms with Crippen molar-refractivity contribution >= 4 is 49.6 Å². The first-order valence-corrected chi connectivity index (χ1v) is 4.60. The molecule has 0 bridgehead atoms. The van der Waals surface area contributed by atoms with E-state index < -0.39 is 0 Å². The van der Waals surface area contributed by atoms with Gasteiger partial charge in [-0.25, -0.2) is 0 Å². The van der Waals surface area contributed by atoms with Gasteiger partial charge in [0.05, 0.1) is 0 Å². The fraction of sp³-hybridized carbons (Fsp3) is 1.00. The predicted molar refractivity (Wildman–Crippen MR) is 79.4 cm³/mol. The molecule has 2 saturated carbocycles. The molecule has 104 valence electrons. The predicted octanol–water partition coefficient (Wildman–Crippen LogP) is 0.557. The molecule has 2 rings (SSSR count). The van der Waals surface area contributed by atoms with Crippen LogP contribution in [0.4, 0.5) is 0 Å². The number of rotatable bonds is 0. The van der Waals surface area contributed by atoms with Crippen LogP contribution in [0.5, 0.6) is 0 Å². The smallest absolute Gasteiger partial charge is 0.00683 e. The van der Waals surface area contributed by atoms with E-state index in [1.165, 1.54) is 0 Å². The molecule has 0 aromatic rings. The molecule has 8 N–H and O–H groups in total. The van der Waals surface area contributed by atoms with Crippen molar-refractivity contribution < 1.29 is 0 Å². The summed E-state index contributed by atoms with van der Waals surface area (Å²) in [5.41, 5.74) is 21.6. The molecule has 0 amide bonds. The SMILES string of the molecule is Cl.Cl.Cl.Cl.NC1CC(N)C1.NC1CC(N)C1. The highest BCUT2D eigenvalue weighted by atomic mass is 35.5. The molecule has 0 aromatic heterocycles. The zero-order valence-electron chi connectivity index (χ0n) is 9.08. The van der Waals surface area contributed by atoms with Crippen molar-refractivity contribution in [3.05, 3.63) is 0 Å². The Hall–Kier alpha value is 1.000. The van der Waals surface area contributed by atoms with Gasteiger partial charge in [-0.05, 0) is 25.7 Å². The Morgan fingerprint density at radius 2 is 0.562 bits per heavy atom. The summed E-state index contributed by atoms with van der Waals surface area (Å²) in [7, 11) is 0. The van der Waals surface area contributed by atoms with Crippen LogP contribution in [0.1, 0.15) is 25.7 Å². The third kappa shape index (κ3) is 10.2. The Morgan fingerprint density at radius 1 is 0.438 bits per heavy atom. The molecule has 0 aromatic carbocycles. The summed E-state index contributed by atoms with van der Waals surface area (Å²) in [5.74, 6) is 0. The van der Waals surface area contributed by atoms with Crippen LogP contribution in [0.25, 0.3) is 0 Å². The summed E-state index contributed by atoms with van der Waals surface area (Å²) in [6.45, 7) is 0. The summed E-state index contributed by atoms with van der Waals surface area (Å²) in [6.07, 6.45) is 4.11. The minimum atomic E-state index is 0. The minimum Gasteiger partial charge on any atom is -0.328 e. The van der Waals surface area contributed by atoms with Gasteiger partial charge >= 0.3 is 0 Å². The molecule has 2 aliphatic carbocycles. The molecule has 0 spiro atoms. The number of halogens is 4. The molecule has 0 atom stereocenters. The number of hydrogen-bond donors (Lipinski definition) is 4. The van der Waals surface area contributed by atoms with E-state index in [1.54, 1.807) is 0 Å². The molecule has 2 aliphatic rings. The molecule has 8 heteroatoms. The summed E-state index contributed by atoms with van der Waals surface area (Å²) in [5, 5.41) is 0. The van der Waals surface area contributed by atoms with E-state index in [2.05, 4.69) is 0 Å². The van der Waals surface area contributed by atoms with Crippen LogP contribution < -0.4 is 22.9 Å². The largest absolute Gasteiger partial charge is 0.328 e. The van der Waals surface area contributed by atoms with Gasteiger partial charge in [0.2, 0.25) is 0 Å². The second kappa shape index (κ2) is 12.5. The molecule has 0 radical (unpaired) electrons. The summed E-state index contributed by atoms with van der Waals surface area (Å²) >= 11 is 0. The van der Waals surface area contributed by atoms with Crippen LogP contribution in [0.15, 0.2) is 0 Å². The van der Waals surface area contributed by atoms with Crippen molar-refractivity contribution in [1.82, 2.24) is 0 Å². The first-order valence-electron chi connectivity index (χ1n) is 4.60. The van der Waals surface area contributed by atoms with Crippen molar-refractivity contribution in [2.24, 2.45) is 22.9 Å². The lowest BCUT2D eigenvalue weighted by atomic mass is 9.89. The van der Waals surface area contributed by atoms with Crippen molar-refractivity contribution in [2.75, 3.05) is 0 Å². The maximum absolute atomic E-state index is 5.39. The van der Waals surface area contributed by atoms with Crippen molar-refractivity contribution in [3.8, 4) is 0 Å². The van der Waals surface area contributed by atoms with Gasteiger partial charge in [0.15, 0.2) is 0 Å². The third-order valence-electron chi connectivity index (χ3n) is 2.42. The lowest BCUT2D eigenvalue weighted by molar-refractivity contribution is 0.351. The fourth-order valence-electron chi connectivity index (χ4n) is 1.42. The lowest BCUT2D eigenvalue weighted by Gasteiger charge is -2.28. The van der Waals surface area contributed by atoms with Gasteiger partial charge < -0.3 is 22.9 Å². The van der Waals surface area contributed by atoms with E-state index in [0.717, 1.165) is 25.7 Å². The highest BCUT2D eigenvalue weighted by molar-refractivity contribution is 5.86. The average Bonchev–Trinajstić information content (AvgIpc) is 1.84. The van der Waals surface area contributed by atoms with E-state index in [4.69, 9.17) is 22.9 Å². The van der Waals surface area contributed by atoms with Crippen molar-refractivity contribution in [1.29, 1.82) is 0 Å². The van der Waals surface area contributed by atoms with Gasteiger partial charge in [0.1, 0.15) is 0 Å². The topological polar surface area (TPSA) is 104 Å². The Labute approximate surface area is 122 Å². The van der Waals surface area contributed by atoms with Crippen LogP contribution in [0, 0.1) is 0 Å². The second-order valence-electron chi connectivity index (χ2n) is 3.98. The normalized spacial score (nSPS) is 33.8. The first-order chi connectivity index (χ1) is 5.58. The van der Waals surface area contributed by atoms with Crippen LogP contribution >= 0.6 is 49.6 Å². The minimum absolute atomic E-state index is 0. The maximum atomic E-state index is 5.39. The Bertz CT molecular complexity index is 112. The maximum Gasteiger partial charge on any atom is 0.00683 e. The van der Waals surface area contributed by atoms with Gasteiger partial charge in [-0.3, -0.25) is 0 Å². The monoisotopic (exact) mass is 316 g/mol. The van der Waals surface area contributed by atoms with Crippen LogP contribution in [-0.4, -0.2) is 24.2 Å². The zero-order valence-corrected chi connectivity index (χ0v) is 12.3. The molecule has 0 heterocycles. The Balaban J connectivity index is -0.0000000720. The van der Waals surface area contributed by atoms with E-state index in [9.17, 15) is 0 Å². The first kappa shape index (κ1) is 25.8. The lowest BCUT2D eigenvalue weighted by Crippen LogP contribution is -2.45. The van der Waals surface area contributed by atoms with Gasteiger partial charge in [0, 0.05) is 24.2 Å². The zero-order chi connectivity index (χ0) is 9.14. The number of hydrogen-bond acceptors (Lipinski definition) is 4. The highest BCUT2D eigenvalue weighted by Crippen LogP contribution is 2.14. The van der Waals surface area contributed by atoms with Gasteiger partial charge in [-0.1, -0.05) is 0 Å². The van der Waals surface area contributed by atoms with Crippen LogP contribution in [0.3, 0.4) is 0 Å². The fourth-order valence-corrected chi connectivity index (χ4v) is 1.42. The van der Waals surface area contributed by atoms with Crippen LogP contribution in [0.2, 0.25) is 0 Å². The Kier molecular flexibility index (Phi) is 20.0. The van der Waals surface area contributed by atoms with E-state index >= 15 is 0 Å². The van der Waals surface area contributed by atoms with Crippen LogP contribution in [-0.2, 0) is 0 Å². The molecule has 0 saturated heterocycles. The molecule has 0 aliphatic heterocycles. The van der Waals surface area contributed by atoms with Gasteiger partial charge in [-0.15, -0.1) is 49.6 Å². The number of nitrogens with two attached hydrogens (primary N) is 4. The molecule has 16 heavy (non-hydrogen) atoms. The summed E-state index contributed by atoms with van der Waals surface area (Å²) in [6, 6.07) is 1.67. The molecule has 0 unspecified atom stereocenters. The van der Waals surface area contributed by atoms with Gasteiger partial charge in [-0.2, -0.15) is 0 Å². The van der Waals surface area contributed by atoms with Gasteiger partial charge in [0.25, 0.3) is 0 Å². The molecule has 4 nitrogen and oxygen atoms in total. The third-order valence-corrected chi connectivity index (χ3v) is 2.42. The van der Waals surface area contributed by atoms with E-state index in [0.29, 0.717) is 24.2 Å². The standard InChI is InChI=1S/2C4H10N2.4ClH/c2*5-3-1-4(6)2-3;;;;/h2*3-4H,1-2,5-6H2;4*1H. The highest BCUT2D eigenvalue weighted by Gasteiger charge is 2.21. The molecular formula is C8H24Cl4N4. The van der Waals surface area contributed by atoms with E-state index in [-0.39, 0.29) is 49.6 Å². The quantitative estimate of drug-likeness (QED) is 0.524. The van der Waals surface area contributed by atoms with Crippen molar-refractivity contribution in [2.45, 2.75) is 49.9 Å².